The number of aliphatic hydroxyl groups is 1. The van der Waals surface area contributed by atoms with Gasteiger partial charge in [0.15, 0.2) is 0 Å². The predicted octanol–water partition coefficient (Wildman–Crippen LogP) is 2.21. The van der Waals surface area contributed by atoms with Crippen molar-refractivity contribution in [2.24, 2.45) is 5.73 Å². The molecule has 0 amide bonds. The van der Waals surface area contributed by atoms with Gasteiger partial charge in [0.05, 0.1) is 7.11 Å². The molecule has 0 spiro atoms. The summed E-state index contributed by atoms with van der Waals surface area (Å²) in [5.74, 6) is 0.824. The van der Waals surface area contributed by atoms with Crippen LogP contribution in [0.2, 0.25) is 0 Å². The van der Waals surface area contributed by atoms with Crippen molar-refractivity contribution in [2.45, 2.75) is 31.8 Å². The Morgan fingerprint density at radius 1 is 1.47 bits per heavy atom. The molecule has 4 nitrogen and oxygen atoms in total. The normalized spacial score (nSPS) is 14.2. The van der Waals surface area contributed by atoms with Crippen LogP contribution >= 0.6 is 15.9 Å². The van der Waals surface area contributed by atoms with E-state index in [2.05, 4.69) is 28.2 Å². The minimum atomic E-state index is 0.0175. The lowest BCUT2D eigenvalue weighted by Gasteiger charge is -2.25. The second-order valence-corrected chi connectivity index (χ2v) is 5.37. The molecule has 0 saturated carbocycles. The van der Waals surface area contributed by atoms with Crippen LogP contribution in [0.1, 0.15) is 31.4 Å². The van der Waals surface area contributed by atoms with Crippen LogP contribution in [0.25, 0.3) is 0 Å². The van der Waals surface area contributed by atoms with Crippen LogP contribution in [0.15, 0.2) is 22.7 Å². The lowest BCUT2D eigenvalue weighted by atomic mass is 10.0. The van der Waals surface area contributed by atoms with Gasteiger partial charge in [0.2, 0.25) is 0 Å². The monoisotopic (exact) mass is 330 g/mol. The van der Waals surface area contributed by atoms with Gasteiger partial charge < -0.3 is 20.9 Å². The van der Waals surface area contributed by atoms with Gasteiger partial charge in [-0.15, -0.1) is 0 Å². The van der Waals surface area contributed by atoms with Crippen molar-refractivity contribution in [2.75, 3.05) is 20.3 Å². The van der Waals surface area contributed by atoms with Crippen LogP contribution in [-0.2, 0) is 0 Å². The van der Waals surface area contributed by atoms with Crippen LogP contribution in [0, 0.1) is 0 Å². The highest BCUT2D eigenvalue weighted by atomic mass is 79.9. The Hall–Kier alpha value is -0.620. The fourth-order valence-corrected chi connectivity index (χ4v) is 2.49. The molecule has 0 aliphatic heterocycles. The van der Waals surface area contributed by atoms with Gasteiger partial charge in [-0.3, -0.25) is 0 Å². The zero-order valence-corrected chi connectivity index (χ0v) is 13.1. The van der Waals surface area contributed by atoms with E-state index in [0.717, 1.165) is 28.6 Å². The van der Waals surface area contributed by atoms with Crippen LogP contribution in [-0.4, -0.2) is 31.4 Å². The van der Waals surface area contributed by atoms with Crippen molar-refractivity contribution in [3.63, 3.8) is 0 Å². The van der Waals surface area contributed by atoms with Gasteiger partial charge in [0.1, 0.15) is 5.75 Å². The first kappa shape index (κ1) is 16.4. The topological polar surface area (TPSA) is 67.5 Å². The van der Waals surface area contributed by atoms with Crippen LogP contribution in [0.5, 0.6) is 5.75 Å². The van der Waals surface area contributed by atoms with Gasteiger partial charge in [-0.2, -0.15) is 0 Å². The minimum Gasteiger partial charge on any atom is -0.496 e. The van der Waals surface area contributed by atoms with E-state index in [1.807, 2.05) is 18.2 Å². The second-order valence-electron chi connectivity index (χ2n) is 4.46. The average molecular weight is 331 g/mol. The highest BCUT2D eigenvalue weighted by molar-refractivity contribution is 9.10. The maximum absolute atomic E-state index is 9.07. The lowest BCUT2D eigenvalue weighted by molar-refractivity contribution is 0.255. The SMILES string of the molecule is CCC(CCO)NC(CN)c1cc(Br)ccc1OC. The Morgan fingerprint density at radius 3 is 2.74 bits per heavy atom. The summed E-state index contributed by atoms with van der Waals surface area (Å²) in [4.78, 5) is 0. The predicted molar refractivity (Wildman–Crippen MR) is 81.4 cm³/mol. The van der Waals surface area contributed by atoms with Crippen molar-refractivity contribution >= 4 is 15.9 Å². The third-order valence-corrected chi connectivity index (χ3v) is 3.70. The van der Waals surface area contributed by atoms with Crippen molar-refractivity contribution in [3.05, 3.63) is 28.2 Å². The second kappa shape index (κ2) is 8.53. The number of halogens is 1. The van der Waals surface area contributed by atoms with Gasteiger partial charge >= 0.3 is 0 Å². The lowest BCUT2D eigenvalue weighted by Crippen LogP contribution is -2.37. The summed E-state index contributed by atoms with van der Waals surface area (Å²) in [5, 5.41) is 12.6. The molecule has 5 heteroatoms. The Morgan fingerprint density at radius 2 is 2.21 bits per heavy atom. The van der Waals surface area contributed by atoms with E-state index in [-0.39, 0.29) is 18.7 Å². The summed E-state index contributed by atoms with van der Waals surface area (Å²) in [7, 11) is 1.66. The van der Waals surface area contributed by atoms with Crippen molar-refractivity contribution in [1.82, 2.24) is 5.32 Å². The van der Waals surface area contributed by atoms with Crippen LogP contribution < -0.4 is 15.8 Å². The van der Waals surface area contributed by atoms with E-state index in [9.17, 15) is 0 Å². The Balaban J connectivity index is 2.92. The Kier molecular flexibility index (Phi) is 7.38. The summed E-state index contributed by atoms with van der Waals surface area (Å²) >= 11 is 3.47. The molecular formula is C14H23BrN2O2. The number of nitrogens with two attached hydrogens (primary N) is 1. The molecule has 0 aromatic heterocycles. The number of benzene rings is 1. The van der Waals surface area contributed by atoms with Crippen LogP contribution in [0.4, 0.5) is 0 Å². The number of nitrogens with one attached hydrogen (secondary N) is 1. The number of rotatable bonds is 8. The number of aliphatic hydroxyl groups excluding tert-OH is 1. The molecule has 4 N–H and O–H groups in total. The molecule has 2 unspecified atom stereocenters. The standard InChI is InChI=1S/C14H23BrN2O2/c1-3-11(6-7-18)17-13(9-16)12-8-10(15)4-5-14(12)19-2/h4-5,8,11,13,17-18H,3,6-7,9,16H2,1-2H3. The van der Waals surface area contributed by atoms with Gasteiger partial charge in [-0.05, 0) is 31.0 Å². The first-order chi connectivity index (χ1) is 9.15. The van der Waals surface area contributed by atoms with E-state index in [1.165, 1.54) is 0 Å². The Bertz CT molecular complexity index is 388. The first-order valence-corrected chi connectivity index (χ1v) is 7.35. The number of ether oxygens (including phenoxy) is 1. The highest BCUT2D eigenvalue weighted by Gasteiger charge is 2.18. The molecule has 0 saturated heterocycles. The van der Waals surface area contributed by atoms with Crippen LogP contribution in [0.3, 0.4) is 0 Å². The maximum atomic E-state index is 9.07. The number of methoxy groups -OCH3 is 1. The summed E-state index contributed by atoms with van der Waals surface area (Å²) < 4.78 is 6.39. The third kappa shape index (κ3) is 4.76. The summed E-state index contributed by atoms with van der Waals surface area (Å²) in [6, 6.07) is 6.17. The minimum absolute atomic E-state index is 0.0175. The van der Waals surface area contributed by atoms with Crippen molar-refractivity contribution in [1.29, 1.82) is 0 Å². The van der Waals surface area contributed by atoms with E-state index in [0.29, 0.717) is 6.54 Å². The summed E-state index contributed by atoms with van der Waals surface area (Å²) in [6.45, 7) is 2.76. The number of hydrogen-bond acceptors (Lipinski definition) is 4. The molecule has 0 fully saturated rings. The zero-order valence-electron chi connectivity index (χ0n) is 11.5. The Labute approximate surface area is 123 Å². The van der Waals surface area contributed by atoms with E-state index in [1.54, 1.807) is 7.11 Å². The largest absolute Gasteiger partial charge is 0.496 e. The molecule has 1 aromatic rings. The van der Waals surface area contributed by atoms with E-state index < -0.39 is 0 Å². The van der Waals surface area contributed by atoms with E-state index >= 15 is 0 Å². The first-order valence-electron chi connectivity index (χ1n) is 6.56. The third-order valence-electron chi connectivity index (χ3n) is 3.21. The quantitative estimate of drug-likeness (QED) is 0.683. The molecule has 0 heterocycles. The van der Waals surface area contributed by atoms with Crippen molar-refractivity contribution in [3.8, 4) is 5.75 Å². The molecule has 0 bridgehead atoms. The fourth-order valence-electron chi connectivity index (χ4n) is 2.11. The van der Waals surface area contributed by atoms with Gasteiger partial charge in [0, 0.05) is 35.3 Å². The smallest absolute Gasteiger partial charge is 0.123 e. The molecule has 0 aliphatic rings. The van der Waals surface area contributed by atoms with E-state index in [4.69, 9.17) is 15.6 Å². The molecule has 0 radical (unpaired) electrons. The molecule has 108 valence electrons. The molecule has 2 atom stereocenters. The summed E-state index contributed by atoms with van der Waals surface area (Å²) in [6.07, 6.45) is 1.68. The number of hydrogen-bond donors (Lipinski definition) is 3. The molecule has 1 rings (SSSR count). The zero-order chi connectivity index (χ0) is 14.3. The summed E-state index contributed by atoms with van der Waals surface area (Å²) in [5.41, 5.74) is 6.92. The van der Waals surface area contributed by atoms with Gasteiger partial charge in [0.25, 0.3) is 0 Å². The maximum Gasteiger partial charge on any atom is 0.123 e. The highest BCUT2D eigenvalue weighted by Crippen LogP contribution is 2.28. The molecule has 1 aromatic carbocycles. The molecule has 19 heavy (non-hydrogen) atoms. The molecule has 0 aliphatic carbocycles. The average Bonchev–Trinajstić information content (AvgIpc) is 2.43. The van der Waals surface area contributed by atoms with Gasteiger partial charge in [-0.25, -0.2) is 0 Å². The molecular weight excluding hydrogens is 308 g/mol. The van der Waals surface area contributed by atoms with Crippen molar-refractivity contribution < 1.29 is 9.84 Å². The van der Waals surface area contributed by atoms with Gasteiger partial charge in [-0.1, -0.05) is 22.9 Å². The fraction of sp³-hybridized carbons (Fsp3) is 0.571.